The van der Waals surface area contributed by atoms with Crippen LogP contribution in [0.25, 0.3) is 0 Å². The third kappa shape index (κ3) is 2.02. The van der Waals surface area contributed by atoms with Gasteiger partial charge in [0.25, 0.3) is 0 Å². The van der Waals surface area contributed by atoms with Crippen molar-refractivity contribution in [2.24, 2.45) is 0 Å². The number of carbonyl (C=O) groups is 1. The van der Waals surface area contributed by atoms with Gasteiger partial charge in [0, 0.05) is 28.6 Å². The second-order valence-corrected chi connectivity index (χ2v) is 4.85. The fourth-order valence-corrected chi connectivity index (χ4v) is 3.27. The quantitative estimate of drug-likeness (QED) is 0.786. The normalized spacial score (nSPS) is 18.7. The third-order valence-corrected chi connectivity index (χ3v) is 3.86. The molecule has 0 aromatic heterocycles. The number of benzene rings is 1. The second-order valence-electron chi connectivity index (χ2n) is 3.79. The lowest BCUT2D eigenvalue weighted by atomic mass is 9.95. The van der Waals surface area contributed by atoms with Gasteiger partial charge in [-0.25, -0.2) is 0 Å². The molecule has 0 radical (unpaired) electrons. The molecule has 2 rings (SSSR count). The standard InChI is InChI=1S/C12H14O2S/c1-8(13)6-9-7-15-11-5-3-4-10(14-2)12(9)11/h3-5,9H,6-7H2,1-2H3. The highest BCUT2D eigenvalue weighted by Crippen LogP contribution is 2.45. The maximum absolute atomic E-state index is 11.2. The Morgan fingerprint density at radius 1 is 1.60 bits per heavy atom. The smallest absolute Gasteiger partial charge is 0.130 e. The van der Waals surface area contributed by atoms with E-state index in [4.69, 9.17) is 4.74 Å². The molecule has 80 valence electrons. The Bertz CT molecular complexity index is 387. The second kappa shape index (κ2) is 4.27. The molecular formula is C12H14O2S. The Morgan fingerprint density at radius 2 is 2.40 bits per heavy atom. The van der Waals surface area contributed by atoms with E-state index in [0.717, 1.165) is 11.5 Å². The predicted octanol–water partition coefficient (Wildman–Crippen LogP) is 2.86. The van der Waals surface area contributed by atoms with Crippen LogP contribution in [0, 0.1) is 0 Å². The van der Waals surface area contributed by atoms with Crippen LogP contribution >= 0.6 is 11.8 Å². The Morgan fingerprint density at radius 3 is 3.07 bits per heavy atom. The lowest BCUT2D eigenvalue weighted by molar-refractivity contribution is -0.117. The van der Waals surface area contributed by atoms with Gasteiger partial charge in [-0.15, -0.1) is 11.8 Å². The minimum atomic E-state index is 0.249. The molecule has 1 unspecified atom stereocenters. The zero-order valence-electron chi connectivity index (χ0n) is 8.95. The summed E-state index contributed by atoms with van der Waals surface area (Å²) in [5, 5.41) is 0. The summed E-state index contributed by atoms with van der Waals surface area (Å²) in [6.07, 6.45) is 0.625. The van der Waals surface area contributed by atoms with Crippen LogP contribution in [0.5, 0.6) is 5.75 Å². The van der Waals surface area contributed by atoms with Crippen LogP contribution < -0.4 is 4.74 Å². The highest BCUT2D eigenvalue weighted by atomic mass is 32.2. The minimum Gasteiger partial charge on any atom is -0.496 e. The van der Waals surface area contributed by atoms with Crippen LogP contribution in [-0.4, -0.2) is 18.6 Å². The van der Waals surface area contributed by atoms with E-state index >= 15 is 0 Å². The van der Waals surface area contributed by atoms with E-state index in [2.05, 4.69) is 6.07 Å². The molecule has 0 saturated carbocycles. The van der Waals surface area contributed by atoms with E-state index in [-0.39, 0.29) is 5.78 Å². The number of fused-ring (bicyclic) bond motifs is 1. The number of Topliss-reactive ketones (excluding diaryl/α,β-unsaturated/α-hetero) is 1. The first-order chi connectivity index (χ1) is 7.22. The number of carbonyl (C=O) groups excluding carboxylic acids is 1. The van der Waals surface area contributed by atoms with E-state index in [1.165, 1.54) is 10.5 Å². The van der Waals surface area contributed by atoms with E-state index in [9.17, 15) is 4.79 Å². The van der Waals surface area contributed by atoms with Gasteiger partial charge in [0.2, 0.25) is 0 Å². The summed E-state index contributed by atoms with van der Waals surface area (Å²) in [6, 6.07) is 6.07. The van der Waals surface area contributed by atoms with Crippen molar-refractivity contribution in [1.82, 2.24) is 0 Å². The molecule has 1 aromatic rings. The Balaban J connectivity index is 2.35. The first-order valence-electron chi connectivity index (χ1n) is 5.01. The van der Waals surface area contributed by atoms with Crippen molar-refractivity contribution in [3.63, 3.8) is 0 Å². The van der Waals surface area contributed by atoms with Crippen molar-refractivity contribution in [3.8, 4) is 5.75 Å². The van der Waals surface area contributed by atoms with Gasteiger partial charge in [0.05, 0.1) is 7.11 Å². The van der Waals surface area contributed by atoms with Crippen LogP contribution in [0.2, 0.25) is 0 Å². The van der Waals surface area contributed by atoms with Crippen molar-refractivity contribution in [3.05, 3.63) is 23.8 Å². The molecule has 1 aliphatic rings. The molecule has 0 aliphatic carbocycles. The molecule has 0 spiro atoms. The monoisotopic (exact) mass is 222 g/mol. The predicted molar refractivity (Wildman–Crippen MR) is 61.8 cm³/mol. The molecule has 0 amide bonds. The molecule has 1 aromatic carbocycles. The average molecular weight is 222 g/mol. The maximum atomic E-state index is 11.2. The van der Waals surface area contributed by atoms with Gasteiger partial charge in [-0.3, -0.25) is 0 Å². The molecule has 0 bridgehead atoms. The Kier molecular flexibility index (Phi) is 3.00. The topological polar surface area (TPSA) is 26.3 Å². The highest BCUT2D eigenvalue weighted by molar-refractivity contribution is 7.99. The van der Waals surface area contributed by atoms with Crippen LogP contribution in [-0.2, 0) is 4.79 Å². The number of hydrogen-bond acceptors (Lipinski definition) is 3. The van der Waals surface area contributed by atoms with Crippen LogP contribution in [0.15, 0.2) is 23.1 Å². The molecule has 1 heterocycles. The highest BCUT2D eigenvalue weighted by Gasteiger charge is 2.27. The van der Waals surface area contributed by atoms with Gasteiger partial charge in [-0.1, -0.05) is 6.07 Å². The van der Waals surface area contributed by atoms with Gasteiger partial charge in [-0.2, -0.15) is 0 Å². The lowest BCUT2D eigenvalue weighted by Gasteiger charge is -2.12. The number of rotatable bonds is 3. The molecule has 2 nitrogen and oxygen atoms in total. The van der Waals surface area contributed by atoms with Gasteiger partial charge in [-0.05, 0) is 19.1 Å². The summed E-state index contributed by atoms with van der Waals surface area (Å²) in [7, 11) is 1.68. The molecule has 3 heteroatoms. The average Bonchev–Trinajstić information content (AvgIpc) is 2.61. The van der Waals surface area contributed by atoms with Crippen molar-refractivity contribution in [1.29, 1.82) is 0 Å². The maximum Gasteiger partial charge on any atom is 0.130 e. The Hall–Kier alpha value is -0.960. The summed E-state index contributed by atoms with van der Waals surface area (Å²) in [5.41, 5.74) is 1.22. The zero-order valence-corrected chi connectivity index (χ0v) is 9.76. The minimum absolute atomic E-state index is 0.249. The largest absolute Gasteiger partial charge is 0.496 e. The molecule has 0 fully saturated rings. The Labute approximate surface area is 94.0 Å². The van der Waals surface area contributed by atoms with E-state index in [1.807, 2.05) is 23.9 Å². The summed E-state index contributed by atoms with van der Waals surface area (Å²) >= 11 is 1.82. The molecule has 1 aliphatic heterocycles. The molecule has 0 saturated heterocycles. The summed E-state index contributed by atoms with van der Waals surface area (Å²) < 4.78 is 5.34. The summed E-state index contributed by atoms with van der Waals surface area (Å²) in [5.74, 6) is 2.50. The fourth-order valence-electron chi connectivity index (χ4n) is 2.01. The first kappa shape index (κ1) is 10.6. The number of ketones is 1. The van der Waals surface area contributed by atoms with Gasteiger partial charge in [0.1, 0.15) is 11.5 Å². The number of ether oxygens (including phenoxy) is 1. The van der Waals surface area contributed by atoms with Gasteiger partial charge >= 0.3 is 0 Å². The third-order valence-electron chi connectivity index (χ3n) is 2.63. The summed E-state index contributed by atoms with van der Waals surface area (Å²) in [4.78, 5) is 12.4. The first-order valence-corrected chi connectivity index (χ1v) is 6.00. The molecule has 1 atom stereocenters. The van der Waals surface area contributed by atoms with E-state index < -0.39 is 0 Å². The number of thioether (sulfide) groups is 1. The van der Waals surface area contributed by atoms with Crippen molar-refractivity contribution in [2.75, 3.05) is 12.9 Å². The van der Waals surface area contributed by atoms with Crippen LogP contribution in [0.3, 0.4) is 0 Å². The van der Waals surface area contributed by atoms with Crippen LogP contribution in [0.4, 0.5) is 0 Å². The molecule has 0 N–H and O–H groups in total. The van der Waals surface area contributed by atoms with Crippen molar-refractivity contribution in [2.45, 2.75) is 24.2 Å². The van der Waals surface area contributed by atoms with Crippen LogP contribution in [0.1, 0.15) is 24.8 Å². The SMILES string of the molecule is COc1cccc2c1C(CC(C)=O)CS2. The van der Waals surface area contributed by atoms with E-state index in [1.54, 1.807) is 14.0 Å². The fraction of sp³-hybridized carbons (Fsp3) is 0.417. The molecular weight excluding hydrogens is 208 g/mol. The summed E-state index contributed by atoms with van der Waals surface area (Å²) in [6.45, 7) is 1.65. The molecule has 15 heavy (non-hydrogen) atoms. The van der Waals surface area contributed by atoms with Crippen molar-refractivity contribution < 1.29 is 9.53 Å². The van der Waals surface area contributed by atoms with Crippen molar-refractivity contribution >= 4 is 17.5 Å². The van der Waals surface area contributed by atoms with Gasteiger partial charge < -0.3 is 9.53 Å². The number of methoxy groups -OCH3 is 1. The zero-order chi connectivity index (χ0) is 10.8. The lowest BCUT2D eigenvalue weighted by Crippen LogP contribution is -2.04. The van der Waals surface area contributed by atoms with Gasteiger partial charge in [0.15, 0.2) is 0 Å². The number of hydrogen-bond donors (Lipinski definition) is 0. The van der Waals surface area contributed by atoms with E-state index in [0.29, 0.717) is 12.3 Å².